The van der Waals surface area contributed by atoms with Crippen LogP contribution in [0.25, 0.3) is 10.8 Å². The van der Waals surface area contributed by atoms with Gasteiger partial charge in [-0.3, -0.25) is 4.79 Å². The highest BCUT2D eigenvalue weighted by Crippen LogP contribution is 2.30. The molecular weight excluding hydrogens is 234 g/mol. The lowest BCUT2D eigenvalue weighted by Gasteiger charge is -2.22. The summed E-state index contributed by atoms with van der Waals surface area (Å²) in [6.45, 7) is 6.40. The number of halogens is 1. The Balaban J connectivity index is 3.03. The van der Waals surface area contributed by atoms with Crippen LogP contribution in [-0.4, -0.2) is 4.57 Å². The highest BCUT2D eigenvalue weighted by molar-refractivity contribution is 6.35. The number of hydrogen-bond acceptors (Lipinski definition) is 1. The van der Waals surface area contributed by atoms with Crippen LogP contribution in [0.4, 0.5) is 0 Å². The van der Waals surface area contributed by atoms with Crippen molar-refractivity contribution in [2.24, 2.45) is 7.05 Å². The molecule has 0 unspecified atom stereocenters. The van der Waals surface area contributed by atoms with Crippen LogP contribution >= 0.6 is 11.6 Å². The fraction of sp³-hybridized carbons (Fsp3) is 0.357. The van der Waals surface area contributed by atoms with Crippen LogP contribution in [0.2, 0.25) is 5.02 Å². The summed E-state index contributed by atoms with van der Waals surface area (Å²) in [6, 6.07) is 5.61. The van der Waals surface area contributed by atoms with E-state index in [0.717, 1.165) is 10.9 Å². The van der Waals surface area contributed by atoms with Crippen molar-refractivity contribution in [1.29, 1.82) is 0 Å². The summed E-state index contributed by atoms with van der Waals surface area (Å²) in [5.74, 6) is 0. The third kappa shape index (κ3) is 1.98. The maximum Gasteiger partial charge on any atom is 0.259 e. The van der Waals surface area contributed by atoms with Crippen molar-refractivity contribution in [1.82, 2.24) is 4.57 Å². The first kappa shape index (κ1) is 12.2. The van der Waals surface area contributed by atoms with E-state index in [2.05, 4.69) is 20.8 Å². The average molecular weight is 250 g/mol. The number of nitrogens with zero attached hydrogens (tertiary/aromatic N) is 1. The van der Waals surface area contributed by atoms with Crippen molar-refractivity contribution in [3.05, 3.63) is 45.3 Å². The van der Waals surface area contributed by atoms with Gasteiger partial charge in [-0.1, -0.05) is 44.5 Å². The molecule has 0 N–H and O–H groups in total. The van der Waals surface area contributed by atoms with E-state index in [9.17, 15) is 4.79 Å². The monoisotopic (exact) mass is 249 g/mol. The zero-order valence-electron chi connectivity index (χ0n) is 10.5. The Morgan fingerprint density at radius 1 is 1.24 bits per heavy atom. The molecule has 2 nitrogen and oxygen atoms in total. The summed E-state index contributed by atoms with van der Waals surface area (Å²) < 4.78 is 1.61. The molecule has 0 aliphatic carbocycles. The van der Waals surface area contributed by atoms with Gasteiger partial charge in [0.2, 0.25) is 0 Å². The molecule has 0 saturated heterocycles. The lowest BCUT2D eigenvalue weighted by Crippen LogP contribution is -2.22. The molecule has 90 valence electrons. The SMILES string of the molecule is Cn1cc(C(C)(C)C)c2cccc(Cl)c2c1=O. The molecule has 1 heterocycles. The summed E-state index contributed by atoms with van der Waals surface area (Å²) in [4.78, 5) is 12.1. The fourth-order valence-corrected chi connectivity index (χ4v) is 2.32. The Morgan fingerprint density at radius 2 is 1.88 bits per heavy atom. The van der Waals surface area contributed by atoms with Crippen LogP contribution in [0.5, 0.6) is 0 Å². The molecule has 0 bridgehead atoms. The van der Waals surface area contributed by atoms with E-state index in [4.69, 9.17) is 11.6 Å². The number of benzene rings is 1. The van der Waals surface area contributed by atoms with Crippen LogP contribution in [0.1, 0.15) is 26.3 Å². The average Bonchev–Trinajstić information content (AvgIpc) is 2.21. The van der Waals surface area contributed by atoms with Gasteiger partial charge in [-0.05, 0) is 22.4 Å². The molecule has 2 rings (SSSR count). The van der Waals surface area contributed by atoms with E-state index in [0.29, 0.717) is 10.4 Å². The predicted octanol–water partition coefficient (Wildman–Crippen LogP) is 3.49. The summed E-state index contributed by atoms with van der Waals surface area (Å²) in [7, 11) is 1.76. The molecule has 0 fully saturated rings. The first-order chi connectivity index (χ1) is 7.82. The van der Waals surface area contributed by atoms with Gasteiger partial charge in [0.25, 0.3) is 5.56 Å². The molecule has 2 aromatic rings. The first-order valence-corrected chi connectivity index (χ1v) is 5.98. The van der Waals surface area contributed by atoms with Gasteiger partial charge >= 0.3 is 0 Å². The lowest BCUT2D eigenvalue weighted by molar-refractivity contribution is 0.587. The van der Waals surface area contributed by atoms with Crippen molar-refractivity contribution in [3.8, 4) is 0 Å². The maximum absolute atomic E-state index is 12.1. The molecule has 1 aromatic heterocycles. The molecule has 0 spiro atoms. The van der Waals surface area contributed by atoms with Crippen LogP contribution in [0.15, 0.2) is 29.2 Å². The molecule has 0 aliphatic rings. The smallest absolute Gasteiger partial charge is 0.259 e. The Morgan fingerprint density at radius 3 is 2.47 bits per heavy atom. The molecule has 0 saturated carbocycles. The second-order valence-electron chi connectivity index (χ2n) is 5.37. The van der Waals surface area contributed by atoms with Crippen LogP contribution < -0.4 is 5.56 Å². The minimum Gasteiger partial charge on any atom is -0.318 e. The van der Waals surface area contributed by atoms with Gasteiger partial charge in [-0.25, -0.2) is 0 Å². The zero-order valence-corrected chi connectivity index (χ0v) is 11.3. The molecule has 0 atom stereocenters. The third-order valence-corrected chi connectivity index (χ3v) is 3.28. The van der Waals surface area contributed by atoms with Gasteiger partial charge in [0, 0.05) is 13.2 Å². The van der Waals surface area contributed by atoms with Gasteiger partial charge < -0.3 is 4.57 Å². The molecular formula is C14H16ClNO. The molecule has 0 aliphatic heterocycles. The number of aromatic nitrogens is 1. The summed E-state index contributed by atoms with van der Waals surface area (Å²) in [6.07, 6.45) is 1.90. The Hall–Kier alpha value is -1.28. The second-order valence-corrected chi connectivity index (χ2v) is 5.78. The van der Waals surface area contributed by atoms with Crippen molar-refractivity contribution in [2.45, 2.75) is 26.2 Å². The van der Waals surface area contributed by atoms with Crippen LogP contribution in [0.3, 0.4) is 0 Å². The number of fused-ring (bicyclic) bond motifs is 1. The quantitative estimate of drug-likeness (QED) is 0.701. The number of rotatable bonds is 0. The molecule has 0 radical (unpaired) electrons. The molecule has 0 amide bonds. The van der Waals surface area contributed by atoms with E-state index in [1.165, 1.54) is 0 Å². The number of pyridine rings is 1. The summed E-state index contributed by atoms with van der Waals surface area (Å²) in [5, 5.41) is 2.09. The van der Waals surface area contributed by atoms with E-state index in [1.807, 2.05) is 18.3 Å². The standard InChI is InChI=1S/C14H16ClNO/c1-14(2,3)10-8-16(4)13(17)12-9(10)6-5-7-11(12)15/h5-8H,1-4H3. The minimum atomic E-state index is -0.0430. The number of hydrogen-bond donors (Lipinski definition) is 0. The molecule has 3 heteroatoms. The summed E-state index contributed by atoms with van der Waals surface area (Å²) in [5.41, 5.74) is 1.07. The second kappa shape index (κ2) is 3.88. The highest BCUT2D eigenvalue weighted by atomic mass is 35.5. The van der Waals surface area contributed by atoms with E-state index in [-0.39, 0.29) is 11.0 Å². The Labute approximate surface area is 106 Å². The lowest BCUT2D eigenvalue weighted by atomic mass is 9.85. The van der Waals surface area contributed by atoms with Crippen molar-refractivity contribution >= 4 is 22.4 Å². The normalized spacial score (nSPS) is 12.1. The number of aryl methyl sites for hydroxylation is 1. The minimum absolute atomic E-state index is 0.0195. The first-order valence-electron chi connectivity index (χ1n) is 5.60. The van der Waals surface area contributed by atoms with Crippen molar-refractivity contribution in [3.63, 3.8) is 0 Å². The topological polar surface area (TPSA) is 22.0 Å². The third-order valence-electron chi connectivity index (χ3n) is 2.97. The molecule has 17 heavy (non-hydrogen) atoms. The van der Waals surface area contributed by atoms with E-state index >= 15 is 0 Å². The Bertz CT molecular complexity index is 635. The largest absolute Gasteiger partial charge is 0.318 e. The summed E-state index contributed by atoms with van der Waals surface area (Å²) >= 11 is 6.14. The Kier molecular flexibility index (Phi) is 2.78. The molecule has 1 aromatic carbocycles. The van der Waals surface area contributed by atoms with Gasteiger partial charge in [0.05, 0.1) is 10.4 Å². The van der Waals surface area contributed by atoms with Crippen molar-refractivity contribution in [2.75, 3.05) is 0 Å². The van der Waals surface area contributed by atoms with Gasteiger partial charge in [0.15, 0.2) is 0 Å². The van der Waals surface area contributed by atoms with E-state index in [1.54, 1.807) is 17.7 Å². The van der Waals surface area contributed by atoms with Crippen LogP contribution in [0, 0.1) is 0 Å². The van der Waals surface area contributed by atoms with Crippen LogP contribution in [-0.2, 0) is 12.5 Å². The van der Waals surface area contributed by atoms with Gasteiger partial charge in [-0.2, -0.15) is 0 Å². The van der Waals surface area contributed by atoms with Gasteiger partial charge in [-0.15, -0.1) is 0 Å². The predicted molar refractivity (Wildman–Crippen MR) is 72.9 cm³/mol. The van der Waals surface area contributed by atoms with E-state index < -0.39 is 0 Å². The fourth-order valence-electron chi connectivity index (χ4n) is 2.06. The zero-order chi connectivity index (χ0) is 12.8. The maximum atomic E-state index is 12.1. The van der Waals surface area contributed by atoms with Crippen molar-refractivity contribution < 1.29 is 0 Å². The highest BCUT2D eigenvalue weighted by Gasteiger charge is 2.19. The van der Waals surface area contributed by atoms with Gasteiger partial charge in [0.1, 0.15) is 0 Å².